The number of hydrogen-bond donors (Lipinski definition) is 2. The number of thioether (sulfide) groups is 1. The van der Waals surface area contributed by atoms with E-state index in [0.717, 1.165) is 11.7 Å². The Balaban J connectivity index is 2.25. The smallest absolute Gasteiger partial charge is 0.0833 e. The Hall–Kier alpha value is 0.230. The van der Waals surface area contributed by atoms with E-state index in [1.54, 1.807) is 11.8 Å². The lowest BCUT2D eigenvalue weighted by Gasteiger charge is -2.36. The van der Waals surface area contributed by atoms with Gasteiger partial charge in [-0.05, 0) is 64.9 Å². The predicted molar refractivity (Wildman–Crippen MR) is 85.9 cm³/mol. The number of nitrogens with one attached hydrogen (secondary N) is 1. The van der Waals surface area contributed by atoms with E-state index in [1.165, 1.54) is 38.9 Å². The first-order valence-corrected chi connectivity index (χ1v) is 9.05. The van der Waals surface area contributed by atoms with Crippen LogP contribution in [0.4, 0.5) is 0 Å². The van der Waals surface area contributed by atoms with Crippen molar-refractivity contribution in [2.24, 2.45) is 5.92 Å². The fourth-order valence-corrected chi connectivity index (χ4v) is 3.63. The first-order valence-electron chi connectivity index (χ1n) is 7.65. The van der Waals surface area contributed by atoms with Gasteiger partial charge in [-0.1, -0.05) is 6.92 Å². The summed E-state index contributed by atoms with van der Waals surface area (Å²) in [6.45, 7) is 10.9. The van der Waals surface area contributed by atoms with Gasteiger partial charge in [0.1, 0.15) is 0 Å². The van der Waals surface area contributed by atoms with Gasteiger partial charge in [0.25, 0.3) is 0 Å². The van der Waals surface area contributed by atoms with Crippen molar-refractivity contribution in [1.29, 1.82) is 0 Å². The van der Waals surface area contributed by atoms with Gasteiger partial charge >= 0.3 is 0 Å². The molecule has 4 heteroatoms. The molecule has 114 valence electrons. The van der Waals surface area contributed by atoms with Crippen LogP contribution in [0.25, 0.3) is 0 Å². The molecule has 1 aliphatic rings. The first-order chi connectivity index (χ1) is 8.98. The van der Waals surface area contributed by atoms with E-state index in [1.807, 2.05) is 13.2 Å². The van der Waals surface area contributed by atoms with Crippen molar-refractivity contribution in [2.75, 3.05) is 38.2 Å². The Morgan fingerprint density at radius 1 is 1.42 bits per heavy atom. The lowest BCUT2D eigenvalue weighted by atomic mass is 9.90. The second-order valence-corrected chi connectivity index (χ2v) is 7.14. The number of hydrogen-bond acceptors (Lipinski definition) is 4. The van der Waals surface area contributed by atoms with Crippen LogP contribution in [0.5, 0.6) is 0 Å². The van der Waals surface area contributed by atoms with Gasteiger partial charge in [0.15, 0.2) is 0 Å². The van der Waals surface area contributed by atoms with Crippen LogP contribution in [-0.4, -0.2) is 59.8 Å². The van der Waals surface area contributed by atoms with E-state index in [9.17, 15) is 5.11 Å². The summed E-state index contributed by atoms with van der Waals surface area (Å²) < 4.78 is 0. The molecule has 0 aromatic carbocycles. The number of likely N-dealkylation sites (tertiary alicyclic amines) is 1. The van der Waals surface area contributed by atoms with Crippen molar-refractivity contribution in [3.05, 3.63) is 0 Å². The maximum atomic E-state index is 10.2. The van der Waals surface area contributed by atoms with E-state index >= 15 is 0 Å². The molecule has 1 heterocycles. The quantitative estimate of drug-likeness (QED) is 0.718. The maximum Gasteiger partial charge on any atom is 0.0833 e. The van der Waals surface area contributed by atoms with E-state index in [0.29, 0.717) is 12.6 Å². The Morgan fingerprint density at radius 3 is 2.58 bits per heavy atom. The molecular formula is C15H32N2OS. The topological polar surface area (TPSA) is 35.5 Å². The molecule has 2 atom stereocenters. The molecule has 2 N–H and O–H groups in total. The summed E-state index contributed by atoms with van der Waals surface area (Å²) in [6.07, 6.45) is 5.88. The monoisotopic (exact) mass is 288 g/mol. The van der Waals surface area contributed by atoms with Gasteiger partial charge in [-0.2, -0.15) is 11.8 Å². The zero-order valence-electron chi connectivity index (χ0n) is 13.1. The molecule has 0 saturated carbocycles. The summed E-state index contributed by atoms with van der Waals surface area (Å²) in [5.74, 6) is 1.56. The highest BCUT2D eigenvalue weighted by atomic mass is 32.2. The zero-order chi connectivity index (χ0) is 14.3. The average molecular weight is 289 g/mol. The summed E-state index contributed by atoms with van der Waals surface area (Å²) in [5.41, 5.74) is -0.587. The zero-order valence-corrected chi connectivity index (χ0v) is 13.9. The third-order valence-electron chi connectivity index (χ3n) is 4.14. The minimum atomic E-state index is -0.587. The fraction of sp³-hybridized carbons (Fsp3) is 1.00. The van der Waals surface area contributed by atoms with E-state index in [2.05, 4.69) is 24.1 Å². The maximum absolute atomic E-state index is 10.2. The minimum Gasteiger partial charge on any atom is -0.388 e. The Labute approximate surface area is 123 Å². The molecule has 0 amide bonds. The molecule has 2 unspecified atom stereocenters. The van der Waals surface area contributed by atoms with Gasteiger partial charge in [-0.15, -0.1) is 0 Å². The van der Waals surface area contributed by atoms with Crippen LogP contribution in [0.1, 0.15) is 40.0 Å². The van der Waals surface area contributed by atoms with Crippen molar-refractivity contribution in [2.45, 2.75) is 51.7 Å². The van der Waals surface area contributed by atoms with E-state index in [4.69, 9.17) is 0 Å². The van der Waals surface area contributed by atoms with E-state index < -0.39 is 5.60 Å². The van der Waals surface area contributed by atoms with Crippen LogP contribution in [0.3, 0.4) is 0 Å². The SMILES string of the molecule is CCCN1CCC(C(C)NCC(C)(O)CSC)CC1. The second kappa shape index (κ2) is 8.50. The average Bonchev–Trinajstić information content (AvgIpc) is 2.37. The molecule has 0 aromatic rings. The molecular weight excluding hydrogens is 256 g/mol. The lowest BCUT2D eigenvalue weighted by Crippen LogP contribution is -2.47. The highest BCUT2D eigenvalue weighted by molar-refractivity contribution is 7.98. The summed E-state index contributed by atoms with van der Waals surface area (Å²) in [5, 5.41) is 13.7. The van der Waals surface area contributed by atoms with Crippen molar-refractivity contribution in [3.8, 4) is 0 Å². The molecule has 0 bridgehead atoms. The van der Waals surface area contributed by atoms with Crippen LogP contribution in [0.2, 0.25) is 0 Å². The minimum absolute atomic E-state index is 0.511. The molecule has 0 spiro atoms. The van der Waals surface area contributed by atoms with Crippen LogP contribution < -0.4 is 5.32 Å². The number of aliphatic hydroxyl groups is 1. The lowest BCUT2D eigenvalue weighted by molar-refractivity contribution is 0.0752. The van der Waals surface area contributed by atoms with Gasteiger partial charge in [0.2, 0.25) is 0 Å². The third-order valence-corrected chi connectivity index (χ3v) is 5.05. The van der Waals surface area contributed by atoms with Gasteiger partial charge in [-0.3, -0.25) is 0 Å². The van der Waals surface area contributed by atoms with E-state index in [-0.39, 0.29) is 0 Å². The normalized spacial score (nSPS) is 23.2. The molecule has 1 fully saturated rings. The van der Waals surface area contributed by atoms with Gasteiger partial charge < -0.3 is 15.3 Å². The summed E-state index contributed by atoms with van der Waals surface area (Å²) >= 11 is 1.70. The molecule has 19 heavy (non-hydrogen) atoms. The van der Waals surface area contributed by atoms with Crippen molar-refractivity contribution >= 4 is 11.8 Å². The summed E-state index contributed by atoms with van der Waals surface area (Å²) in [6, 6.07) is 0.511. The Bertz CT molecular complexity index is 240. The fourth-order valence-electron chi connectivity index (χ4n) is 2.90. The Kier molecular flexibility index (Phi) is 7.73. The molecule has 0 aromatic heterocycles. The van der Waals surface area contributed by atoms with Crippen molar-refractivity contribution in [3.63, 3.8) is 0 Å². The second-order valence-electron chi connectivity index (χ2n) is 6.28. The molecule has 0 aliphatic carbocycles. The van der Waals surface area contributed by atoms with Gasteiger partial charge in [0, 0.05) is 18.3 Å². The van der Waals surface area contributed by atoms with Crippen molar-refractivity contribution in [1.82, 2.24) is 10.2 Å². The number of rotatable bonds is 8. The first kappa shape index (κ1) is 17.3. The van der Waals surface area contributed by atoms with Crippen molar-refractivity contribution < 1.29 is 5.11 Å². The highest BCUT2D eigenvalue weighted by Gasteiger charge is 2.26. The molecule has 3 nitrogen and oxygen atoms in total. The highest BCUT2D eigenvalue weighted by Crippen LogP contribution is 2.21. The van der Waals surface area contributed by atoms with Gasteiger partial charge in [-0.25, -0.2) is 0 Å². The van der Waals surface area contributed by atoms with Crippen LogP contribution in [-0.2, 0) is 0 Å². The molecule has 1 aliphatic heterocycles. The van der Waals surface area contributed by atoms with Crippen LogP contribution in [0.15, 0.2) is 0 Å². The van der Waals surface area contributed by atoms with Gasteiger partial charge in [0.05, 0.1) is 5.60 Å². The van der Waals surface area contributed by atoms with Crippen LogP contribution >= 0.6 is 11.8 Å². The third kappa shape index (κ3) is 6.48. The Morgan fingerprint density at radius 2 is 2.05 bits per heavy atom. The number of piperidine rings is 1. The summed E-state index contributed by atoms with van der Waals surface area (Å²) in [7, 11) is 0. The molecule has 0 radical (unpaired) electrons. The molecule has 1 saturated heterocycles. The number of nitrogens with zero attached hydrogens (tertiary/aromatic N) is 1. The largest absolute Gasteiger partial charge is 0.388 e. The predicted octanol–water partition coefficient (Wildman–Crippen LogP) is 2.20. The van der Waals surface area contributed by atoms with Crippen LogP contribution in [0, 0.1) is 5.92 Å². The summed E-state index contributed by atoms with van der Waals surface area (Å²) in [4.78, 5) is 2.58. The molecule has 1 rings (SSSR count). The standard InChI is InChI=1S/C15H32N2OS/c1-5-8-17-9-6-14(7-10-17)13(2)16-11-15(3,18)12-19-4/h13-14,16,18H,5-12H2,1-4H3.